The van der Waals surface area contributed by atoms with Crippen molar-refractivity contribution in [3.63, 3.8) is 0 Å². The molecule has 128 valence electrons. The quantitative estimate of drug-likeness (QED) is 0.551. The highest BCUT2D eigenvalue weighted by Gasteiger charge is 2.14. The van der Waals surface area contributed by atoms with Crippen LogP contribution in [0.25, 0.3) is 10.8 Å². The summed E-state index contributed by atoms with van der Waals surface area (Å²) in [7, 11) is 0. The molecule has 25 heavy (non-hydrogen) atoms. The molecule has 5 nitrogen and oxygen atoms in total. The van der Waals surface area contributed by atoms with Gasteiger partial charge < -0.3 is 9.72 Å². The van der Waals surface area contributed by atoms with Crippen LogP contribution in [0.2, 0.25) is 0 Å². The highest BCUT2D eigenvalue weighted by molar-refractivity contribution is 5.86. The topological polar surface area (TPSA) is 66.5 Å². The van der Waals surface area contributed by atoms with Crippen molar-refractivity contribution in [1.29, 1.82) is 0 Å². The average molecular weight is 335 g/mol. The Morgan fingerprint density at radius 1 is 1.16 bits per heavy atom. The second-order valence-electron chi connectivity index (χ2n) is 6.04. The van der Waals surface area contributed by atoms with E-state index >= 15 is 0 Å². The van der Waals surface area contributed by atoms with Gasteiger partial charge in [0.25, 0.3) is 5.91 Å². The van der Waals surface area contributed by atoms with Crippen molar-refractivity contribution in [3.05, 3.63) is 65.5 Å². The van der Waals surface area contributed by atoms with Crippen molar-refractivity contribution in [2.75, 3.05) is 0 Å². The second kappa shape index (κ2) is 7.21. The summed E-state index contributed by atoms with van der Waals surface area (Å²) in [5, 5.41) is 6.21. The lowest BCUT2D eigenvalue weighted by Crippen LogP contribution is -2.33. The number of rotatable bonds is 5. The Bertz CT molecular complexity index is 928. The van der Waals surface area contributed by atoms with Crippen LogP contribution in [0.5, 0.6) is 5.75 Å². The number of nitrogens with zero attached hydrogens (tertiary/aromatic N) is 1. The maximum Gasteiger partial charge on any atom is 0.280 e. The van der Waals surface area contributed by atoms with Gasteiger partial charge in [0.15, 0.2) is 6.10 Å². The summed E-state index contributed by atoms with van der Waals surface area (Å²) < 4.78 is 5.72. The summed E-state index contributed by atoms with van der Waals surface area (Å²) in [4.78, 5) is 15.3. The normalized spacial score (nSPS) is 12.4. The summed E-state index contributed by atoms with van der Waals surface area (Å²) in [5.74, 6) is 0.358. The standard InChI is InChI=1S/C20H21N3O2/c1-13-10-18(14(2)22-13)12-21-23-20(24)15(3)25-19-9-8-16-6-4-5-7-17(16)11-19/h4-12,15,22H,1-3H3,(H,23,24)/b21-12+/t15-/m1/s1. The lowest BCUT2D eigenvalue weighted by molar-refractivity contribution is -0.127. The van der Waals surface area contributed by atoms with E-state index < -0.39 is 6.10 Å². The van der Waals surface area contributed by atoms with E-state index in [1.165, 1.54) is 0 Å². The molecule has 1 atom stereocenters. The van der Waals surface area contributed by atoms with Crippen molar-refractivity contribution in [3.8, 4) is 5.75 Å². The van der Waals surface area contributed by atoms with Gasteiger partial charge in [0, 0.05) is 17.0 Å². The molecular weight excluding hydrogens is 314 g/mol. The van der Waals surface area contributed by atoms with Gasteiger partial charge in [-0.15, -0.1) is 0 Å². The molecule has 0 aliphatic heterocycles. The van der Waals surface area contributed by atoms with E-state index in [1.807, 2.05) is 62.4 Å². The number of nitrogens with one attached hydrogen (secondary N) is 2. The van der Waals surface area contributed by atoms with Crippen LogP contribution in [0.3, 0.4) is 0 Å². The molecule has 0 aliphatic carbocycles. The summed E-state index contributed by atoms with van der Waals surface area (Å²) in [6, 6.07) is 15.7. The van der Waals surface area contributed by atoms with E-state index in [4.69, 9.17) is 4.74 Å². The number of H-pyrrole nitrogens is 1. The first-order valence-electron chi connectivity index (χ1n) is 8.17. The van der Waals surface area contributed by atoms with E-state index in [9.17, 15) is 4.79 Å². The van der Waals surface area contributed by atoms with Gasteiger partial charge in [0.1, 0.15) is 5.75 Å². The minimum Gasteiger partial charge on any atom is -0.481 e. The Morgan fingerprint density at radius 2 is 1.92 bits per heavy atom. The Kier molecular flexibility index (Phi) is 4.84. The summed E-state index contributed by atoms with van der Waals surface area (Å²) in [5.41, 5.74) is 5.53. The summed E-state index contributed by atoms with van der Waals surface area (Å²) >= 11 is 0. The zero-order chi connectivity index (χ0) is 17.8. The van der Waals surface area contributed by atoms with E-state index in [0.717, 1.165) is 27.7 Å². The Morgan fingerprint density at radius 3 is 2.64 bits per heavy atom. The van der Waals surface area contributed by atoms with Gasteiger partial charge in [-0.05, 0) is 49.7 Å². The number of hydrogen-bond acceptors (Lipinski definition) is 3. The predicted octanol–water partition coefficient (Wildman–Crippen LogP) is 3.70. The number of carbonyl (C=O) groups excluding carboxylic acids is 1. The van der Waals surface area contributed by atoms with Crippen LogP contribution in [0.1, 0.15) is 23.9 Å². The van der Waals surface area contributed by atoms with Gasteiger partial charge in [0.05, 0.1) is 6.21 Å². The SMILES string of the molecule is Cc1cc(/C=N/NC(=O)[C@@H](C)Oc2ccc3ccccc3c2)c(C)[nH]1. The van der Waals surface area contributed by atoms with Crippen molar-refractivity contribution in [2.24, 2.45) is 5.10 Å². The van der Waals surface area contributed by atoms with E-state index in [2.05, 4.69) is 15.5 Å². The minimum atomic E-state index is -0.646. The van der Waals surface area contributed by atoms with Crippen LogP contribution in [0.15, 0.2) is 53.6 Å². The molecule has 1 amide bonds. The van der Waals surface area contributed by atoms with Crippen LogP contribution in [-0.4, -0.2) is 23.2 Å². The monoisotopic (exact) mass is 335 g/mol. The van der Waals surface area contributed by atoms with E-state index in [1.54, 1.807) is 13.1 Å². The number of hydrazone groups is 1. The molecule has 0 saturated carbocycles. The van der Waals surface area contributed by atoms with Gasteiger partial charge in [0.2, 0.25) is 0 Å². The fourth-order valence-electron chi connectivity index (χ4n) is 2.63. The zero-order valence-corrected chi connectivity index (χ0v) is 14.5. The van der Waals surface area contributed by atoms with Gasteiger partial charge in [-0.25, -0.2) is 5.43 Å². The average Bonchev–Trinajstić information content (AvgIpc) is 2.92. The van der Waals surface area contributed by atoms with Gasteiger partial charge in [-0.1, -0.05) is 30.3 Å². The Balaban J connectivity index is 1.60. The van der Waals surface area contributed by atoms with E-state index in [0.29, 0.717) is 5.75 Å². The maximum atomic E-state index is 12.1. The van der Waals surface area contributed by atoms with Crippen molar-refractivity contribution < 1.29 is 9.53 Å². The molecule has 0 radical (unpaired) electrons. The van der Waals surface area contributed by atoms with Crippen molar-refractivity contribution in [2.45, 2.75) is 26.9 Å². The molecule has 0 spiro atoms. The Hall–Kier alpha value is -3.08. The number of benzene rings is 2. The van der Waals surface area contributed by atoms with Crippen LogP contribution in [0, 0.1) is 13.8 Å². The third-order valence-electron chi connectivity index (χ3n) is 3.97. The van der Waals surface area contributed by atoms with Crippen LogP contribution >= 0.6 is 0 Å². The second-order valence-corrected chi connectivity index (χ2v) is 6.04. The zero-order valence-electron chi connectivity index (χ0n) is 14.5. The maximum absolute atomic E-state index is 12.1. The molecule has 0 bridgehead atoms. The molecule has 0 saturated heterocycles. The molecule has 5 heteroatoms. The number of aryl methyl sites for hydroxylation is 2. The molecule has 0 aliphatic rings. The largest absolute Gasteiger partial charge is 0.481 e. The lowest BCUT2D eigenvalue weighted by atomic mass is 10.1. The molecular formula is C20H21N3O2. The molecule has 1 heterocycles. The molecule has 3 aromatic rings. The van der Waals surface area contributed by atoms with Crippen molar-refractivity contribution >= 4 is 22.9 Å². The van der Waals surface area contributed by atoms with Crippen LogP contribution < -0.4 is 10.2 Å². The highest BCUT2D eigenvalue weighted by atomic mass is 16.5. The van der Waals surface area contributed by atoms with Crippen LogP contribution in [0.4, 0.5) is 0 Å². The first kappa shape index (κ1) is 16.8. The predicted molar refractivity (Wildman–Crippen MR) is 100 cm³/mol. The van der Waals surface area contributed by atoms with Crippen molar-refractivity contribution in [1.82, 2.24) is 10.4 Å². The molecule has 2 N–H and O–H groups in total. The minimum absolute atomic E-state index is 0.297. The fourth-order valence-corrected chi connectivity index (χ4v) is 2.63. The first-order chi connectivity index (χ1) is 12.0. The summed E-state index contributed by atoms with van der Waals surface area (Å²) in [6.07, 6.45) is 0.979. The number of ether oxygens (including phenoxy) is 1. The number of amides is 1. The summed E-state index contributed by atoms with van der Waals surface area (Å²) in [6.45, 7) is 5.63. The fraction of sp³-hybridized carbons (Fsp3) is 0.200. The number of fused-ring (bicyclic) bond motifs is 1. The van der Waals surface area contributed by atoms with Crippen LogP contribution in [-0.2, 0) is 4.79 Å². The highest BCUT2D eigenvalue weighted by Crippen LogP contribution is 2.21. The van der Waals surface area contributed by atoms with Gasteiger partial charge >= 0.3 is 0 Å². The third kappa shape index (κ3) is 4.07. The van der Waals surface area contributed by atoms with E-state index in [-0.39, 0.29) is 5.91 Å². The Labute approximate surface area is 146 Å². The number of hydrogen-bond donors (Lipinski definition) is 2. The molecule has 2 aromatic carbocycles. The molecule has 0 fully saturated rings. The third-order valence-corrected chi connectivity index (χ3v) is 3.97. The van der Waals surface area contributed by atoms with Gasteiger partial charge in [-0.2, -0.15) is 5.10 Å². The first-order valence-corrected chi connectivity index (χ1v) is 8.17. The lowest BCUT2D eigenvalue weighted by Gasteiger charge is -2.13. The number of aromatic amines is 1. The molecule has 0 unspecified atom stereocenters. The molecule has 3 rings (SSSR count). The van der Waals surface area contributed by atoms with Gasteiger partial charge in [-0.3, -0.25) is 4.79 Å². The number of aromatic nitrogens is 1. The molecule has 1 aromatic heterocycles. The number of carbonyl (C=O) groups is 1. The smallest absolute Gasteiger partial charge is 0.280 e.